The van der Waals surface area contributed by atoms with E-state index in [0.717, 1.165) is 24.0 Å². The van der Waals surface area contributed by atoms with E-state index in [0.29, 0.717) is 5.57 Å². The van der Waals surface area contributed by atoms with Crippen LogP contribution in [0.4, 0.5) is 0 Å². The van der Waals surface area contributed by atoms with Crippen molar-refractivity contribution in [2.24, 2.45) is 0 Å². The Bertz CT molecular complexity index is 479. The van der Waals surface area contributed by atoms with Crippen molar-refractivity contribution in [2.45, 2.75) is 12.8 Å². The van der Waals surface area contributed by atoms with Crippen LogP contribution in [-0.4, -0.2) is 0 Å². The van der Waals surface area contributed by atoms with Crippen molar-refractivity contribution >= 4 is 0 Å². The van der Waals surface area contributed by atoms with Gasteiger partial charge in [0.2, 0.25) is 0 Å². The van der Waals surface area contributed by atoms with E-state index >= 15 is 0 Å². The molecule has 0 aliphatic heterocycles. The normalized spacial score (nSPS) is 14.6. The van der Waals surface area contributed by atoms with E-state index in [1.165, 1.54) is 5.57 Å². The van der Waals surface area contributed by atoms with Crippen molar-refractivity contribution in [1.82, 2.24) is 0 Å². The Morgan fingerprint density at radius 2 is 1.94 bits per heavy atom. The molecule has 1 aliphatic carbocycles. The molecule has 0 N–H and O–H groups in total. The Kier molecular flexibility index (Phi) is 4.19. The van der Waals surface area contributed by atoms with Crippen LogP contribution in [0.15, 0.2) is 59.8 Å². The molecular weight excluding hydrogens is 192 g/mol. The summed E-state index contributed by atoms with van der Waals surface area (Å²) in [7, 11) is 0. The number of terminal acetylenes is 2. The van der Waals surface area contributed by atoms with Crippen LogP contribution in [0.1, 0.15) is 12.8 Å². The molecular formula is C16H14. The molecule has 0 unspecified atom stereocenters. The van der Waals surface area contributed by atoms with E-state index in [1.54, 1.807) is 6.08 Å². The highest BCUT2D eigenvalue weighted by molar-refractivity contribution is 5.47. The van der Waals surface area contributed by atoms with Crippen LogP contribution >= 0.6 is 0 Å². The predicted octanol–water partition coefficient (Wildman–Crippen LogP) is 3.57. The van der Waals surface area contributed by atoms with Crippen molar-refractivity contribution in [2.75, 3.05) is 0 Å². The van der Waals surface area contributed by atoms with Gasteiger partial charge in [0.05, 0.1) is 0 Å². The molecule has 0 heterocycles. The Morgan fingerprint density at radius 3 is 2.44 bits per heavy atom. The molecule has 0 heteroatoms. The van der Waals surface area contributed by atoms with E-state index in [4.69, 9.17) is 12.8 Å². The number of hydrogen-bond donors (Lipinski definition) is 0. The summed E-state index contributed by atoms with van der Waals surface area (Å²) in [5.41, 5.74) is 3.84. The van der Waals surface area contributed by atoms with Crippen molar-refractivity contribution < 1.29 is 0 Å². The topological polar surface area (TPSA) is 0 Å². The zero-order chi connectivity index (χ0) is 12.0. The highest BCUT2D eigenvalue weighted by atomic mass is 14.1. The van der Waals surface area contributed by atoms with Gasteiger partial charge in [-0.05, 0) is 30.1 Å². The lowest BCUT2D eigenvalue weighted by Gasteiger charge is -2.11. The van der Waals surface area contributed by atoms with Crippen LogP contribution in [0.2, 0.25) is 0 Å². The standard InChI is InChI=1S/C16H14/c1-5-13(3)7-8-14(4)16-11-9-15(6-2)10-12-16/h1-2,7-9,11H,3-4,10,12H2/b8-7-. The van der Waals surface area contributed by atoms with Gasteiger partial charge in [0.25, 0.3) is 0 Å². The minimum absolute atomic E-state index is 0.650. The SMILES string of the molecule is C#CC(=C)/C=C\C(=C)C1=CC=C(C#C)CC1. The number of hydrogen-bond acceptors (Lipinski definition) is 0. The summed E-state index contributed by atoms with van der Waals surface area (Å²) >= 11 is 0. The van der Waals surface area contributed by atoms with Crippen LogP contribution < -0.4 is 0 Å². The average molecular weight is 206 g/mol. The zero-order valence-corrected chi connectivity index (χ0v) is 9.29. The fraction of sp³-hybridized carbons (Fsp3) is 0.125. The molecule has 16 heavy (non-hydrogen) atoms. The lowest BCUT2D eigenvalue weighted by Crippen LogP contribution is -1.93. The summed E-state index contributed by atoms with van der Waals surface area (Å²) in [5.74, 6) is 5.11. The van der Waals surface area contributed by atoms with Crippen molar-refractivity contribution in [3.63, 3.8) is 0 Å². The lowest BCUT2D eigenvalue weighted by atomic mass is 9.94. The van der Waals surface area contributed by atoms with E-state index in [2.05, 4.69) is 25.0 Å². The first kappa shape index (κ1) is 11.9. The summed E-state index contributed by atoms with van der Waals surface area (Å²) in [4.78, 5) is 0. The molecule has 78 valence electrons. The summed E-state index contributed by atoms with van der Waals surface area (Å²) in [6.07, 6.45) is 20.0. The Hall–Kier alpha value is -2.18. The van der Waals surface area contributed by atoms with Gasteiger partial charge in [0.15, 0.2) is 0 Å². The predicted molar refractivity (Wildman–Crippen MR) is 70.5 cm³/mol. The Morgan fingerprint density at radius 1 is 1.19 bits per heavy atom. The van der Waals surface area contributed by atoms with Gasteiger partial charge >= 0.3 is 0 Å². The van der Waals surface area contributed by atoms with E-state index < -0.39 is 0 Å². The maximum Gasteiger partial charge on any atom is 0.0170 e. The van der Waals surface area contributed by atoms with Crippen molar-refractivity contribution in [3.05, 3.63) is 59.8 Å². The average Bonchev–Trinajstić information content (AvgIpc) is 2.35. The fourth-order valence-corrected chi connectivity index (χ4v) is 1.38. The first-order valence-electron chi connectivity index (χ1n) is 5.06. The van der Waals surface area contributed by atoms with Crippen LogP contribution in [0.3, 0.4) is 0 Å². The van der Waals surface area contributed by atoms with Crippen LogP contribution in [0, 0.1) is 24.7 Å². The number of allylic oxidation sites excluding steroid dienone is 8. The van der Waals surface area contributed by atoms with Gasteiger partial charge in [-0.15, -0.1) is 12.8 Å². The van der Waals surface area contributed by atoms with Gasteiger partial charge in [-0.2, -0.15) is 0 Å². The molecule has 0 amide bonds. The zero-order valence-electron chi connectivity index (χ0n) is 9.29. The van der Waals surface area contributed by atoms with Gasteiger partial charge in [-0.3, -0.25) is 0 Å². The quantitative estimate of drug-likeness (QED) is 0.489. The Balaban J connectivity index is 2.72. The van der Waals surface area contributed by atoms with Gasteiger partial charge in [-0.1, -0.05) is 43.2 Å². The maximum atomic E-state index is 5.32. The second-order valence-corrected chi connectivity index (χ2v) is 3.56. The van der Waals surface area contributed by atoms with Crippen molar-refractivity contribution in [3.8, 4) is 24.7 Å². The molecule has 0 atom stereocenters. The third kappa shape index (κ3) is 3.19. The lowest BCUT2D eigenvalue weighted by molar-refractivity contribution is 0.950. The molecule has 0 saturated carbocycles. The molecule has 0 aromatic heterocycles. The number of rotatable bonds is 3. The second kappa shape index (κ2) is 5.64. The minimum Gasteiger partial charge on any atom is -0.115 e. The molecule has 0 nitrogen and oxygen atoms in total. The summed E-state index contributed by atoms with van der Waals surface area (Å²) in [6.45, 7) is 7.68. The molecule has 0 aromatic carbocycles. The van der Waals surface area contributed by atoms with Gasteiger partial charge in [0, 0.05) is 11.1 Å². The smallest absolute Gasteiger partial charge is 0.0170 e. The molecule has 1 aliphatic rings. The van der Waals surface area contributed by atoms with E-state index in [1.807, 2.05) is 18.2 Å². The summed E-state index contributed by atoms with van der Waals surface area (Å²) in [5, 5.41) is 0. The molecule has 0 bridgehead atoms. The van der Waals surface area contributed by atoms with Gasteiger partial charge in [0.1, 0.15) is 0 Å². The molecule has 0 saturated heterocycles. The molecule has 0 fully saturated rings. The molecule has 1 rings (SSSR count). The fourth-order valence-electron chi connectivity index (χ4n) is 1.38. The molecule has 0 aromatic rings. The van der Waals surface area contributed by atoms with Crippen molar-refractivity contribution in [1.29, 1.82) is 0 Å². The molecule has 0 radical (unpaired) electrons. The first-order valence-corrected chi connectivity index (χ1v) is 5.06. The maximum absolute atomic E-state index is 5.32. The highest BCUT2D eigenvalue weighted by Gasteiger charge is 2.05. The largest absolute Gasteiger partial charge is 0.115 e. The Labute approximate surface area is 97.8 Å². The summed E-state index contributed by atoms with van der Waals surface area (Å²) < 4.78 is 0. The van der Waals surface area contributed by atoms with Crippen LogP contribution in [0.5, 0.6) is 0 Å². The molecule has 0 spiro atoms. The second-order valence-electron chi connectivity index (χ2n) is 3.56. The van der Waals surface area contributed by atoms with Gasteiger partial charge < -0.3 is 0 Å². The third-order valence-corrected chi connectivity index (χ3v) is 2.42. The minimum atomic E-state index is 0.650. The summed E-state index contributed by atoms with van der Waals surface area (Å²) in [6, 6.07) is 0. The van der Waals surface area contributed by atoms with Crippen LogP contribution in [-0.2, 0) is 0 Å². The third-order valence-electron chi connectivity index (χ3n) is 2.42. The monoisotopic (exact) mass is 206 g/mol. The van der Waals surface area contributed by atoms with E-state index in [-0.39, 0.29) is 0 Å². The van der Waals surface area contributed by atoms with Gasteiger partial charge in [-0.25, -0.2) is 0 Å². The van der Waals surface area contributed by atoms with E-state index in [9.17, 15) is 0 Å². The highest BCUT2D eigenvalue weighted by Crippen LogP contribution is 2.23. The van der Waals surface area contributed by atoms with Crippen LogP contribution in [0.25, 0.3) is 0 Å². The first-order chi connectivity index (χ1) is 7.67.